The normalized spacial score (nSPS) is 15.2. The minimum atomic E-state index is -4.49. The van der Waals surface area contributed by atoms with Crippen molar-refractivity contribution in [2.45, 2.75) is 12.6 Å². The van der Waals surface area contributed by atoms with Gasteiger partial charge >= 0.3 is 6.18 Å². The van der Waals surface area contributed by atoms with Gasteiger partial charge in [-0.25, -0.2) is 9.97 Å². The first kappa shape index (κ1) is 15.5. The highest BCUT2D eigenvalue weighted by Crippen LogP contribution is 2.30. The molecule has 2 aromatic rings. The second-order valence-electron chi connectivity index (χ2n) is 5.12. The number of halogens is 3. The Morgan fingerprint density at radius 3 is 2.70 bits per heavy atom. The fraction of sp³-hybridized carbons (Fsp3) is 0.250. The predicted molar refractivity (Wildman–Crippen MR) is 82.2 cm³/mol. The number of hydrogen-bond acceptors (Lipinski definition) is 4. The van der Waals surface area contributed by atoms with Crippen LogP contribution in [0.2, 0.25) is 0 Å². The van der Waals surface area contributed by atoms with E-state index in [9.17, 15) is 13.2 Å². The maximum atomic E-state index is 12.7. The van der Waals surface area contributed by atoms with Crippen LogP contribution in [0.5, 0.6) is 0 Å². The molecule has 0 bridgehead atoms. The topological polar surface area (TPSA) is 49.8 Å². The number of para-hydroxylation sites is 1. The van der Waals surface area contributed by atoms with Crippen molar-refractivity contribution < 1.29 is 13.2 Å². The van der Waals surface area contributed by atoms with Gasteiger partial charge in [0, 0.05) is 24.0 Å². The van der Waals surface area contributed by atoms with Crippen LogP contribution in [0, 0.1) is 0 Å². The van der Waals surface area contributed by atoms with Crippen LogP contribution in [-0.4, -0.2) is 23.1 Å². The van der Waals surface area contributed by atoms with E-state index in [0.717, 1.165) is 42.9 Å². The molecule has 2 N–H and O–H groups in total. The fourth-order valence-electron chi connectivity index (χ4n) is 2.44. The molecule has 0 spiro atoms. The van der Waals surface area contributed by atoms with Crippen LogP contribution in [0.15, 0.2) is 42.6 Å². The number of hydrogen-bond donors (Lipinski definition) is 2. The summed E-state index contributed by atoms with van der Waals surface area (Å²) < 4.78 is 38.2. The molecule has 1 aromatic carbocycles. The van der Waals surface area contributed by atoms with Gasteiger partial charge in [-0.15, -0.1) is 0 Å². The molecule has 0 atom stereocenters. The molecule has 120 valence electrons. The Labute approximate surface area is 131 Å². The third kappa shape index (κ3) is 3.68. The highest BCUT2D eigenvalue weighted by Gasteiger charge is 2.32. The Morgan fingerprint density at radius 2 is 1.96 bits per heavy atom. The maximum absolute atomic E-state index is 12.7. The predicted octanol–water partition coefficient (Wildman–Crippen LogP) is 3.62. The summed E-state index contributed by atoms with van der Waals surface area (Å²) in [6.07, 6.45) is -0.444. The minimum Gasteiger partial charge on any atom is -0.324 e. The summed E-state index contributed by atoms with van der Waals surface area (Å²) in [5.41, 5.74) is 1.84. The second-order valence-corrected chi connectivity index (χ2v) is 5.12. The number of nitrogens with zero attached hydrogens (tertiary/aromatic N) is 2. The molecule has 2 heterocycles. The molecule has 0 amide bonds. The lowest BCUT2D eigenvalue weighted by Crippen LogP contribution is -2.20. The van der Waals surface area contributed by atoms with E-state index in [4.69, 9.17) is 0 Å². The number of aromatic nitrogens is 2. The van der Waals surface area contributed by atoms with Gasteiger partial charge in [0.15, 0.2) is 0 Å². The van der Waals surface area contributed by atoms with Gasteiger partial charge < -0.3 is 10.6 Å². The summed E-state index contributed by atoms with van der Waals surface area (Å²) in [6.45, 7) is 1.66. The Kier molecular flexibility index (Phi) is 4.29. The van der Waals surface area contributed by atoms with Crippen LogP contribution in [0.3, 0.4) is 0 Å². The summed E-state index contributed by atoms with van der Waals surface area (Å²) >= 11 is 0. The van der Waals surface area contributed by atoms with E-state index >= 15 is 0 Å². The molecule has 0 fully saturated rings. The highest BCUT2D eigenvalue weighted by molar-refractivity contribution is 5.78. The average Bonchev–Trinajstić information content (AvgIpc) is 2.56. The van der Waals surface area contributed by atoms with Gasteiger partial charge in [0.2, 0.25) is 5.95 Å². The number of rotatable bonds is 3. The molecule has 1 aromatic heterocycles. The van der Waals surface area contributed by atoms with Crippen molar-refractivity contribution >= 4 is 17.2 Å². The molecule has 4 nitrogen and oxygen atoms in total. The van der Waals surface area contributed by atoms with E-state index in [2.05, 4.69) is 26.7 Å². The Balaban J connectivity index is 1.90. The van der Waals surface area contributed by atoms with Gasteiger partial charge in [-0.1, -0.05) is 24.3 Å². The van der Waals surface area contributed by atoms with Gasteiger partial charge in [-0.2, -0.15) is 13.2 Å². The molecule has 3 rings (SSSR count). The minimum absolute atomic E-state index is 0.0678. The van der Waals surface area contributed by atoms with Crippen LogP contribution >= 0.6 is 0 Å². The molecule has 1 aliphatic heterocycles. The van der Waals surface area contributed by atoms with Crippen LogP contribution in [0.1, 0.15) is 17.7 Å². The SMILES string of the molecule is FC(F)(F)c1ccnc(Nc2ccccc2C2=CCNCC2)n1. The maximum Gasteiger partial charge on any atom is 0.433 e. The molecule has 7 heteroatoms. The van der Waals surface area contributed by atoms with Crippen molar-refractivity contribution in [3.8, 4) is 0 Å². The van der Waals surface area contributed by atoms with Gasteiger partial charge in [0.1, 0.15) is 5.69 Å². The molecule has 0 radical (unpaired) electrons. The number of alkyl halides is 3. The zero-order valence-electron chi connectivity index (χ0n) is 12.2. The Bertz CT molecular complexity index is 725. The molecule has 0 aliphatic carbocycles. The van der Waals surface area contributed by atoms with Crippen molar-refractivity contribution in [3.63, 3.8) is 0 Å². The molecular formula is C16H15F3N4. The van der Waals surface area contributed by atoms with Crippen LogP contribution in [0.25, 0.3) is 5.57 Å². The van der Waals surface area contributed by atoms with E-state index in [1.165, 1.54) is 0 Å². The Hall–Kier alpha value is -2.41. The third-order valence-corrected chi connectivity index (χ3v) is 3.53. The van der Waals surface area contributed by atoms with Crippen LogP contribution in [-0.2, 0) is 6.18 Å². The Morgan fingerprint density at radius 1 is 1.13 bits per heavy atom. The largest absolute Gasteiger partial charge is 0.433 e. The lowest BCUT2D eigenvalue weighted by atomic mass is 9.98. The monoisotopic (exact) mass is 320 g/mol. The summed E-state index contributed by atoms with van der Waals surface area (Å²) in [7, 11) is 0. The van der Waals surface area contributed by atoms with E-state index < -0.39 is 11.9 Å². The molecule has 0 unspecified atom stereocenters. The van der Waals surface area contributed by atoms with Crippen LogP contribution in [0.4, 0.5) is 24.8 Å². The molecule has 0 saturated heterocycles. The smallest absolute Gasteiger partial charge is 0.324 e. The van der Waals surface area contributed by atoms with E-state index in [1.54, 1.807) is 0 Å². The third-order valence-electron chi connectivity index (χ3n) is 3.53. The first-order valence-electron chi connectivity index (χ1n) is 7.20. The van der Waals surface area contributed by atoms with Crippen molar-refractivity contribution in [2.75, 3.05) is 18.4 Å². The summed E-state index contributed by atoms with van der Waals surface area (Å²) in [6, 6.07) is 8.32. The van der Waals surface area contributed by atoms with E-state index in [-0.39, 0.29) is 5.95 Å². The van der Waals surface area contributed by atoms with E-state index in [1.807, 2.05) is 24.3 Å². The first-order chi connectivity index (χ1) is 11.0. The van der Waals surface area contributed by atoms with Gasteiger partial charge in [-0.05, 0) is 30.7 Å². The average molecular weight is 320 g/mol. The zero-order valence-corrected chi connectivity index (χ0v) is 12.2. The van der Waals surface area contributed by atoms with E-state index in [0.29, 0.717) is 5.69 Å². The van der Waals surface area contributed by atoms with Crippen molar-refractivity contribution in [3.05, 3.63) is 53.9 Å². The molecular weight excluding hydrogens is 305 g/mol. The number of nitrogens with one attached hydrogen (secondary N) is 2. The van der Waals surface area contributed by atoms with Crippen molar-refractivity contribution in [1.82, 2.24) is 15.3 Å². The quantitative estimate of drug-likeness (QED) is 0.907. The lowest BCUT2D eigenvalue weighted by molar-refractivity contribution is -0.141. The fourth-order valence-corrected chi connectivity index (χ4v) is 2.44. The lowest BCUT2D eigenvalue weighted by Gasteiger charge is -2.18. The summed E-state index contributed by atoms with van der Waals surface area (Å²) in [5.74, 6) is -0.0678. The second kappa shape index (κ2) is 6.37. The van der Waals surface area contributed by atoms with Crippen molar-refractivity contribution in [2.24, 2.45) is 0 Å². The molecule has 0 saturated carbocycles. The van der Waals surface area contributed by atoms with Gasteiger partial charge in [-0.3, -0.25) is 0 Å². The van der Waals surface area contributed by atoms with Crippen molar-refractivity contribution in [1.29, 1.82) is 0 Å². The number of benzene rings is 1. The summed E-state index contributed by atoms with van der Waals surface area (Å²) in [4.78, 5) is 7.43. The molecule has 23 heavy (non-hydrogen) atoms. The first-order valence-corrected chi connectivity index (χ1v) is 7.20. The van der Waals surface area contributed by atoms with Crippen LogP contribution < -0.4 is 10.6 Å². The van der Waals surface area contributed by atoms with Gasteiger partial charge in [0.25, 0.3) is 0 Å². The summed E-state index contributed by atoms with van der Waals surface area (Å²) in [5, 5.41) is 6.13. The highest BCUT2D eigenvalue weighted by atomic mass is 19.4. The standard InChI is InChI=1S/C16H15F3N4/c17-16(18,19)14-7-10-21-15(23-14)22-13-4-2-1-3-12(13)11-5-8-20-9-6-11/h1-5,7,10,20H,6,8-9H2,(H,21,22,23). The van der Waals surface area contributed by atoms with Gasteiger partial charge in [0.05, 0.1) is 0 Å². The number of anilines is 2. The molecule has 1 aliphatic rings. The zero-order chi connectivity index (χ0) is 16.3.